The zero-order chi connectivity index (χ0) is 11.0. The van der Waals surface area contributed by atoms with Gasteiger partial charge in [-0.1, -0.05) is 0 Å². The topological polar surface area (TPSA) is 24.5 Å². The SMILES string of the molecule is CCOC1CC(N2CCC(NC3CC3)C2)C1. The monoisotopic (exact) mass is 224 g/mol. The largest absolute Gasteiger partial charge is 0.378 e. The first-order valence-corrected chi connectivity index (χ1v) is 6.97. The predicted molar refractivity (Wildman–Crippen MR) is 64.6 cm³/mol. The molecular formula is C13H24N2O. The average molecular weight is 224 g/mol. The highest BCUT2D eigenvalue weighted by Crippen LogP contribution is 2.31. The van der Waals surface area contributed by atoms with E-state index < -0.39 is 0 Å². The van der Waals surface area contributed by atoms with Gasteiger partial charge in [0.15, 0.2) is 0 Å². The van der Waals surface area contributed by atoms with Gasteiger partial charge in [-0.2, -0.15) is 0 Å². The van der Waals surface area contributed by atoms with Gasteiger partial charge in [-0.05, 0) is 39.0 Å². The van der Waals surface area contributed by atoms with Crippen molar-refractivity contribution in [3.63, 3.8) is 0 Å². The van der Waals surface area contributed by atoms with Gasteiger partial charge in [0.1, 0.15) is 0 Å². The molecule has 92 valence electrons. The van der Waals surface area contributed by atoms with Crippen molar-refractivity contribution in [2.45, 2.75) is 63.3 Å². The first-order valence-electron chi connectivity index (χ1n) is 6.97. The highest BCUT2D eigenvalue weighted by Gasteiger charge is 2.38. The second-order valence-electron chi connectivity index (χ2n) is 5.62. The molecule has 1 atom stereocenters. The molecule has 2 saturated carbocycles. The number of hydrogen-bond acceptors (Lipinski definition) is 3. The molecule has 1 heterocycles. The van der Waals surface area contributed by atoms with Crippen LogP contribution in [0.1, 0.15) is 39.0 Å². The highest BCUT2D eigenvalue weighted by molar-refractivity contribution is 4.95. The van der Waals surface area contributed by atoms with Crippen molar-refractivity contribution in [1.82, 2.24) is 10.2 Å². The van der Waals surface area contributed by atoms with E-state index in [2.05, 4.69) is 17.1 Å². The normalized spacial score (nSPS) is 39.9. The number of nitrogens with one attached hydrogen (secondary N) is 1. The van der Waals surface area contributed by atoms with Gasteiger partial charge in [-0.3, -0.25) is 4.90 Å². The predicted octanol–water partition coefficient (Wildman–Crippen LogP) is 1.38. The van der Waals surface area contributed by atoms with E-state index >= 15 is 0 Å². The summed E-state index contributed by atoms with van der Waals surface area (Å²) >= 11 is 0. The Morgan fingerprint density at radius 3 is 2.69 bits per heavy atom. The Labute approximate surface area is 98.5 Å². The molecule has 3 aliphatic rings. The van der Waals surface area contributed by atoms with Crippen LogP contribution in [0.4, 0.5) is 0 Å². The summed E-state index contributed by atoms with van der Waals surface area (Å²) in [4.78, 5) is 2.68. The third-order valence-corrected chi connectivity index (χ3v) is 4.26. The van der Waals surface area contributed by atoms with Crippen LogP contribution in [0.25, 0.3) is 0 Å². The average Bonchev–Trinajstić information content (AvgIpc) is 2.90. The maximum Gasteiger partial charge on any atom is 0.0604 e. The Balaban J connectivity index is 1.37. The van der Waals surface area contributed by atoms with Crippen molar-refractivity contribution in [3.05, 3.63) is 0 Å². The molecule has 0 radical (unpaired) electrons. The second-order valence-corrected chi connectivity index (χ2v) is 5.62. The number of nitrogens with zero attached hydrogens (tertiary/aromatic N) is 1. The van der Waals surface area contributed by atoms with E-state index in [1.807, 2.05) is 0 Å². The Morgan fingerprint density at radius 1 is 1.19 bits per heavy atom. The molecule has 3 rings (SSSR count). The van der Waals surface area contributed by atoms with Crippen molar-refractivity contribution < 1.29 is 4.74 Å². The molecule has 1 aliphatic heterocycles. The zero-order valence-corrected chi connectivity index (χ0v) is 10.3. The van der Waals surface area contributed by atoms with Gasteiger partial charge in [0.2, 0.25) is 0 Å². The van der Waals surface area contributed by atoms with Gasteiger partial charge in [-0.25, -0.2) is 0 Å². The summed E-state index contributed by atoms with van der Waals surface area (Å²) in [5.74, 6) is 0. The van der Waals surface area contributed by atoms with Crippen molar-refractivity contribution in [2.24, 2.45) is 0 Å². The molecule has 3 nitrogen and oxygen atoms in total. The molecule has 3 fully saturated rings. The van der Waals surface area contributed by atoms with Gasteiger partial charge in [0.05, 0.1) is 6.10 Å². The fourth-order valence-electron chi connectivity index (χ4n) is 3.05. The van der Waals surface area contributed by atoms with Crippen LogP contribution in [-0.2, 0) is 4.74 Å². The standard InChI is InChI=1S/C13H24N2O/c1-2-16-13-7-12(8-13)15-6-5-11(9-15)14-10-3-4-10/h10-14H,2-9H2,1H3. The number of rotatable bonds is 5. The molecule has 0 bridgehead atoms. The molecule has 1 N–H and O–H groups in total. The number of ether oxygens (including phenoxy) is 1. The molecule has 0 aromatic heterocycles. The minimum absolute atomic E-state index is 0.561. The van der Waals surface area contributed by atoms with E-state index in [0.717, 1.165) is 24.7 Å². The lowest BCUT2D eigenvalue weighted by Crippen LogP contribution is -2.48. The van der Waals surface area contributed by atoms with Crippen molar-refractivity contribution >= 4 is 0 Å². The Morgan fingerprint density at radius 2 is 2.00 bits per heavy atom. The molecule has 3 heteroatoms. The molecule has 0 aromatic carbocycles. The van der Waals surface area contributed by atoms with Crippen molar-refractivity contribution in [3.8, 4) is 0 Å². The van der Waals surface area contributed by atoms with E-state index in [4.69, 9.17) is 4.74 Å². The van der Waals surface area contributed by atoms with E-state index in [1.165, 1.54) is 45.2 Å². The van der Waals surface area contributed by atoms with Crippen LogP contribution in [0.15, 0.2) is 0 Å². The van der Waals surface area contributed by atoms with Crippen LogP contribution in [-0.4, -0.2) is 48.8 Å². The first kappa shape index (κ1) is 11.0. The quantitative estimate of drug-likeness (QED) is 0.763. The summed E-state index contributed by atoms with van der Waals surface area (Å²) in [5.41, 5.74) is 0. The lowest BCUT2D eigenvalue weighted by atomic mass is 9.88. The van der Waals surface area contributed by atoms with Crippen molar-refractivity contribution in [1.29, 1.82) is 0 Å². The van der Waals surface area contributed by atoms with Gasteiger partial charge in [0, 0.05) is 37.8 Å². The third-order valence-electron chi connectivity index (χ3n) is 4.26. The molecule has 16 heavy (non-hydrogen) atoms. The zero-order valence-electron chi connectivity index (χ0n) is 10.3. The summed E-state index contributed by atoms with van der Waals surface area (Å²) in [6.45, 7) is 5.55. The van der Waals surface area contributed by atoms with E-state index in [0.29, 0.717) is 6.10 Å². The summed E-state index contributed by atoms with van der Waals surface area (Å²) in [5, 5.41) is 3.75. The summed E-state index contributed by atoms with van der Waals surface area (Å²) < 4.78 is 5.63. The smallest absolute Gasteiger partial charge is 0.0604 e. The van der Waals surface area contributed by atoms with Crippen LogP contribution >= 0.6 is 0 Å². The lowest BCUT2D eigenvalue weighted by Gasteiger charge is -2.40. The van der Waals surface area contributed by atoms with Crippen LogP contribution in [0.2, 0.25) is 0 Å². The molecular weight excluding hydrogens is 200 g/mol. The molecule has 2 aliphatic carbocycles. The summed E-state index contributed by atoms with van der Waals surface area (Å²) in [6, 6.07) is 2.46. The Bertz CT molecular complexity index is 236. The Kier molecular flexibility index (Phi) is 3.18. The molecule has 1 saturated heterocycles. The first-order chi connectivity index (χ1) is 7.85. The summed E-state index contributed by atoms with van der Waals surface area (Å²) in [6.07, 6.45) is 7.27. The van der Waals surface area contributed by atoms with E-state index in [1.54, 1.807) is 0 Å². The van der Waals surface area contributed by atoms with Crippen molar-refractivity contribution in [2.75, 3.05) is 19.7 Å². The van der Waals surface area contributed by atoms with Crippen LogP contribution in [0.5, 0.6) is 0 Å². The third kappa shape index (κ3) is 2.41. The second kappa shape index (κ2) is 4.63. The minimum atomic E-state index is 0.561. The molecule has 0 aromatic rings. The van der Waals surface area contributed by atoms with Crippen LogP contribution in [0.3, 0.4) is 0 Å². The molecule has 1 unspecified atom stereocenters. The van der Waals surface area contributed by atoms with E-state index in [-0.39, 0.29) is 0 Å². The molecule has 0 amide bonds. The van der Waals surface area contributed by atoms with Gasteiger partial charge >= 0.3 is 0 Å². The van der Waals surface area contributed by atoms with Crippen LogP contribution < -0.4 is 5.32 Å². The Hall–Kier alpha value is -0.120. The fraction of sp³-hybridized carbons (Fsp3) is 1.00. The highest BCUT2D eigenvalue weighted by atomic mass is 16.5. The maximum absolute atomic E-state index is 5.63. The molecule has 0 spiro atoms. The van der Waals surface area contributed by atoms with E-state index in [9.17, 15) is 0 Å². The number of likely N-dealkylation sites (tertiary alicyclic amines) is 1. The summed E-state index contributed by atoms with van der Waals surface area (Å²) in [7, 11) is 0. The maximum atomic E-state index is 5.63. The lowest BCUT2D eigenvalue weighted by molar-refractivity contribution is -0.0411. The van der Waals surface area contributed by atoms with Crippen LogP contribution in [0, 0.1) is 0 Å². The minimum Gasteiger partial charge on any atom is -0.378 e. The number of hydrogen-bond donors (Lipinski definition) is 1. The van der Waals surface area contributed by atoms with Gasteiger partial charge in [-0.15, -0.1) is 0 Å². The van der Waals surface area contributed by atoms with Gasteiger partial charge < -0.3 is 10.1 Å². The van der Waals surface area contributed by atoms with Gasteiger partial charge in [0.25, 0.3) is 0 Å². The fourth-order valence-corrected chi connectivity index (χ4v) is 3.05.